The zero-order valence-corrected chi connectivity index (χ0v) is 13.1. The van der Waals surface area contributed by atoms with Crippen LogP contribution in [0.15, 0.2) is 66.2 Å². The van der Waals surface area contributed by atoms with Crippen molar-refractivity contribution in [1.82, 2.24) is 0 Å². The van der Waals surface area contributed by atoms with Crippen LogP contribution in [0.1, 0.15) is 38.3 Å². The molecule has 1 heteroatoms. The summed E-state index contributed by atoms with van der Waals surface area (Å²) in [5.74, 6) is 0.411. The molecule has 2 aromatic rings. The van der Waals surface area contributed by atoms with Crippen molar-refractivity contribution in [3.63, 3.8) is 0 Å². The van der Waals surface area contributed by atoms with Crippen LogP contribution in [0.5, 0.6) is 0 Å². The Labute approximate surface area is 128 Å². The number of hydrogen-bond acceptors (Lipinski definition) is 1. The fourth-order valence-corrected chi connectivity index (χ4v) is 2.73. The van der Waals surface area contributed by atoms with Crippen molar-refractivity contribution in [3.05, 3.63) is 77.4 Å². The van der Waals surface area contributed by atoms with Crippen LogP contribution in [0.4, 0.5) is 0 Å². The summed E-state index contributed by atoms with van der Waals surface area (Å²) in [4.78, 5) is 0. The Kier molecular flexibility index (Phi) is 4.98. The monoisotopic (exact) mass is 280 g/mol. The van der Waals surface area contributed by atoms with Crippen molar-refractivity contribution in [2.24, 2.45) is 5.92 Å². The van der Waals surface area contributed by atoms with Gasteiger partial charge in [0.1, 0.15) is 5.60 Å². The van der Waals surface area contributed by atoms with Crippen molar-refractivity contribution in [2.45, 2.75) is 32.8 Å². The summed E-state index contributed by atoms with van der Waals surface area (Å²) in [5, 5.41) is 11.3. The second kappa shape index (κ2) is 6.73. The highest BCUT2D eigenvalue weighted by Gasteiger charge is 2.31. The maximum absolute atomic E-state index is 11.3. The van der Waals surface area contributed by atoms with Gasteiger partial charge in [-0.1, -0.05) is 80.6 Å². The van der Waals surface area contributed by atoms with Crippen LogP contribution in [0, 0.1) is 5.92 Å². The number of aliphatic hydroxyl groups is 1. The minimum absolute atomic E-state index is 0.411. The molecule has 21 heavy (non-hydrogen) atoms. The Morgan fingerprint density at radius 3 is 2.05 bits per heavy atom. The summed E-state index contributed by atoms with van der Waals surface area (Å²) < 4.78 is 0. The molecule has 1 nitrogen and oxygen atoms in total. The lowest BCUT2D eigenvalue weighted by Gasteiger charge is -2.32. The molecule has 0 fully saturated rings. The van der Waals surface area contributed by atoms with Gasteiger partial charge in [0.05, 0.1) is 0 Å². The van der Waals surface area contributed by atoms with Crippen molar-refractivity contribution in [1.29, 1.82) is 0 Å². The molecule has 0 unspecified atom stereocenters. The summed E-state index contributed by atoms with van der Waals surface area (Å²) in [6.45, 7) is 6.30. The van der Waals surface area contributed by atoms with Crippen LogP contribution in [-0.4, -0.2) is 5.11 Å². The molecule has 0 saturated heterocycles. The van der Waals surface area contributed by atoms with Crippen molar-refractivity contribution >= 4 is 6.08 Å². The Hall–Kier alpha value is -1.86. The first-order valence-corrected chi connectivity index (χ1v) is 7.54. The highest BCUT2D eigenvalue weighted by atomic mass is 16.3. The van der Waals surface area contributed by atoms with Gasteiger partial charge in [0.15, 0.2) is 0 Å². The predicted octanol–water partition coefficient (Wildman–Crippen LogP) is 5.02. The Morgan fingerprint density at radius 1 is 1.00 bits per heavy atom. The lowest BCUT2D eigenvalue weighted by Crippen LogP contribution is -2.29. The van der Waals surface area contributed by atoms with Crippen LogP contribution < -0.4 is 0 Å². The minimum atomic E-state index is -0.911. The van der Waals surface area contributed by atoms with E-state index in [1.165, 1.54) is 0 Å². The first kappa shape index (κ1) is 15.5. The van der Waals surface area contributed by atoms with Gasteiger partial charge in [-0.15, -0.1) is 0 Å². The first-order chi connectivity index (χ1) is 10.0. The zero-order valence-electron chi connectivity index (χ0n) is 13.1. The molecule has 0 aliphatic rings. The molecule has 1 N–H and O–H groups in total. The van der Waals surface area contributed by atoms with Crippen molar-refractivity contribution in [2.75, 3.05) is 0 Å². The van der Waals surface area contributed by atoms with E-state index in [9.17, 15) is 5.11 Å². The standard InChI is InChI=1S/C20H24O/c1-16(2)15-20(21,19-12-8-5-9-13-19)17(3)14-18-10-6-4-7-11-18/h4-14,16,21H,15H2,1-3H3/b17-14+/t20-/m1/s1. The molecule has 110 valence electrons. The van der Waals surface area contributed by atoms with Gasteiger partial charge in [-0.3, -0.25) is 0 Å². The summed E-state index contributed by atoms with van der Waals surface area (Å²) in [6, 6.07) is 20.1. The topological polar surface area (TPSA) is 20.2 Å². The Bertz CT molecular complexity index is 584. The lowest BCUT2D eigenvalue weighted by atomic mass is 9.80. The van der Waals surface area contributed by atoms with Gasteiger partial charge in [0.2, 0.25) is 0 Å². The number of rotatable bonds is 5. The lowest BCUT2D eigenvalue weighted by molar-refractivity contribution is 0.0542. The summed E-state index contributed by atoms with van der Waals surface area (Å²) >= 11 is 0. The molecule has 0 radical (unpaired) electrons. The maximum Gasteiger partial charge on any atom is 0.111 e. The molecule has 0 amide bonds. The SMILES string of the molecule is C/C(=C\c1ccccc1)[C@](O)(CC(C)C)c1ccccc1. The normalized spacial score (nSPS) is 15.0. The molecule has 0 bridgehead atoms. The molecular weight excluding hydrogens is 256 g/mol. The number of hydrogen-bond donors (Lipinski definition) is 1. The van der Waals surface area contributed by atoms with E-state index < -0.39 is 5.60 Å². The van der Waals surface area contributed by atoms with E-state index in [1.54, 1.807) is 0 Å². The third-order valence-corrected chi connectivity index (χ3v) is 3.79. The molecular formula is C20H24O. The van der Waals surface area contributed by atoms with E-state index in [4.69, 9.17) is 0 Å². The van der Waals surface area contributed by atoms with Crippen LogP contribution in [-0.2, 0) is 5.60 Å². The Balaban J connectivity index is 2.43. The van der Waals surface area contributed by atoms with Gasteiger partial charge in [0.25, 0.3) is 0 Å². The fourth-order valence-electron chi connectivity index (χ4n) is 2.73. The van der Waals surface area contributed by atoms with E-state index >= 15 is 0 Å². The average Bonchev–Trinajstić information content (AvgIpc) is 2.48. The first-order valence-electron chi connectivity index (χ1n) is 7.54. The maximum atomic E-state index is 11.3. The quantitative estimate of drug-likeness (QED) is 0.815. The minimum Gasteiger partial charge on any atom is -0.381 e. The zero-order chi connectivity index (χ0) is 15.3. The molecule has 0 aliphatic carbocycles. The van der Waals surface area contributed by atoms with E-state index in [0.29, 0.717) is 12.3 Å². The van der Waals surface area contributed by atoms with Crippen LogP contribution >= 0.6 is 0 Å². The molecule has 2 aromatic carbocycles. The van der Waals surface area contributed by atoms with Crippen molar-refractivity contribution in [3.8, 4) is 0 Å². The van der Waals surface area contributed by atoms with Crippen LogP contribution in [0.25, 0.3) is 6.08 Å². The van der Waals surface area contributed by atoms with E-state index in [2.05, 4.69) is 32.1 Å². The van der Waals surface area contributed by atoms with Gasteiger partial charge < -0.3 is 5.11 Å². The molecule has 0 spiro atoms. The van der Waals surface area contributed by atoms with Crippen LogP contribution in [0.3, 0.4) is 0 Å². The van der Waals surface area contributed by atoms with Crippen LogP contribution in [0.2, 0.25) is 0 Å². The van der Waals surface area contributed by atoms with Gasteiger partial charge in [-0.2, -0.15) is 0 Å². The molecule has 0 aromatic heterocycles. The van der Waals surface area contributed by atoms with Gasteiger partial charge in [-0.25, -0.2) is 0 Å². The fraction of sp³-hybridized carbons (Fsp3) is 0.300. The molecule has 0 heterocycles. The van der Waals surface area contributed by atoms with E-state index in [-0.39, 0.29) is 0 Å². The van der Waals surface area contributed by atoms with Gasteiger partial charge >= 0.3 is 0 Å². The van der Waals surface area contributed by atoms with E-state index in [0.717, 1.165) is 16.7 Å². The predicted molar refractivity (Wildman–Crippen MR) is 89.9 cm³/mol. The highest BCUT2D eigenvalue weighted by Crippen LogP contribution is 2.36. The second-order valence-electron chi connectivity index (χ2n) is 6.06. The molecule has 0 aliphatic heterocycles. The summed E-state index contributed by atoms with van der Waals surface area (Å²) in [5.41, 5.74) is 2.15. The van der Waals surface area contributed by atoms with Crippen molar-refractivity contribution < 1.29 is 5.11 Å². The largest absolute Gasteiger partial charge is 0.381 e. The molecule has 1 atom stereocenters. The third kappa shape index (κ3) is 3.83. The van der Waals surface area contributed by atoms with Gasteiger partial charge in [0, 0.05) is 0 Å². The molecule has 0 saturated carbocycles. The molecule has 2 rings (SSSR count). The smallest absolute Gasteiger partial charge is 0.111 e. The third-order valence-electron chi connectivity index (χ3n) is 3.79. The number of benzene rings is 2. The highest BCUT2D eigenvalue weighted by molar-refractivity contribution is 5.55. The summed E-state index contributed by atoms with van der Waals surface area (Å²) in [7, 11) is 0. The second-order valence-corrected chi connectivity index (χ2v) is 6.06. The van der Waals surface area contributed by atoms with Gasteiger partial charge in [-0.05, 0) is 36.0 Å². The summed E-state index contributed by atoms with van der Waals surface area (Å²) in [6.07, 6.45) is 2.79. The van der Waals surface area contributed by atoms with E-state index in [1.807, 2.05) is 55.5 Å². The Morgan fingerprint density at radius 2 is 1.52 bits per heavy atom. The average molecular weight is 280 g/mol.